The van der Waals surface area contributed by atoms with Crippen molar-refractivity contribution in [3.63, 3.8) is 0 Å². The zero-order valence-electron chi connectivity index (χ0n) is 20.3. The molecule has 2 heterocycles. The van der Waals surface area contributed by atoms with Crippen molar-refractivity contribution in [3.8, 4) is 0 Å². The van der Waals surface area contributed by atoms with Crippen LogP contribution in [-0.2, 0) is 23.3 Å². The van der Waals surface area contributed by atoms with E-state index in [1.54, 1.807) is 9.58 Å². The Morgan fingerprint density at radius 1 is 1.09 bits per heavy atom. The molecule has 172 valence electrons. The number of hydrogen-bond donors (Lipinski definition) is 1. The monoisotopic (exact) mass is 444 g/mol. The number of carbonyl (C=O) groups excluding carboxylic acids is 2. The van der Waals surface area contributed by atoms with E-state index < -0.39 is 5.54 Å². The number of fused-ring (bicyclic) bond motifs is 1. The molecule has 1 N–H and O–H groups in total. The predicted octanol–water partition coefficient (Wildman–Crippen LogP) is 4.53. The summed E-state index contributed by atoms with van der Waals surface area (Å²) in [5, 5.41) is 7.78. The number of rotatable bonds is 4. The average Bonchev–Trinajstić information content (AvgIpc) is 3.20. The van der Waals surface area contributed by atoms with Gasteiger partial charge in [0.2, 0.25) is 5.91 Å². The number of aromatic nitrogens is 2. The molecular formula is C27H32N4O2. The highest BCUT2D eigenvalue weighted by Crippen LogP contribution is 2.36. The normalized spacial score (nSPS) is 18.2. The van der Waals surface area contributed by atoms with Crippen molar-refractivity contribution in [1.29, 1.82) is 0 Å². The van der Waals surface area contributed by atoms with Gasteiger partial charge in [0.15, 0.2) is 0 Å². The first kappa shape index (κ1) is 22.8. The highest BCUT2D eigenvalue weighted by atomic mass is 16.2. The fourth-order valence-electron chi connectivity index (χ4n) is 4.27. The second-order valence-electron chi connectivity index (χ2n) is 10.1. The Kier molecular flexibility index (Phi) is 5.64. The maximum Gasteiger partial charge on any atom is 0.277 e. The molecule has 0 radical (unpaired) electrons. The molecule has 1 aromatic heterocycles. The number of nitrogens with one attached hydrogen (secondary N) is 1. The number of benzene rings is 2. The molecule has 6 nitrogen and oxygen atoms in total. The van der Waals surface area contributed by atoms with E-state index in [0.717, 1.165) is 28.1 Å². The van der Waals surface area contributed by atoms with Gasteiger partial charge in [-0.15, -0.1) is 0 Å². The molecule has 1 atom stereocenters. The molecule has 0 fully saturated rings. The molecule has 0 spiro atoms. The van der Waals surface area contributed by atoms with E-state index in [4.69, 9.17) is 5.10 Å². The van der Waals surface area contributed by atoms with E-state index in [-0.39, 0.29) is 23.8 Å². The quantitative estimate of drug-likeness (QED) is 0.643. The number of anilines is 1. The average molecular weight is 445 g/mol. The van der Waals surface area contributed by atoms with Crippen LogP contribution in [0.15, 0.2) is 54.6 Å². The Morgan fingerprint density at radius 3 is 2.45 bits per heavy atom. The molecule has 0 bridgehead atoms. The Balaban J connectivity index is 1.79. The first-order valence-electron chi connectivity index (χ1n) is 11.3. The maximum absolute atomic E-state index is 13.9. The molecule has 1 aliphatic heterocycles. The van der Waals surface area contributed by atoms with Gasteiger partial charge >= 0.3 is 0 Å². The topological polar surface area (TPSA) is 67.2 Å². The third kappa shape index (κ3) is 4.06. The zero-order valence-corrected chi connectivity index (χ0v) is 20.3. The van der Waals surface area contributed by atoms with Gasteiger partial charge in [0.1, 0.15) is 11.2 Å². The number of aryl methyl sites for hydroxylation is 1. The lowest BCUT2D eigenvalue weighted by Gasteiger charge is -2.43. The van der Waals surface area contributed by atoms with Crippen molar-refractivity contribution in [1.82, 2.24) is 15.1 Å². The number of hydrogen-bond acceptors (Lipinski definition) is 3. The molecule has 0 saturated heterocycles. The van der Waals surface area contributed by atoms with Crippen LogP contribution in [0.4, 0.5) is 5.69 Å². The molecule has 6 heteroatoms. The summed E-state index contributed by atoms with van der Waals surface area (Å²) >= 11 is 0. The van der Waals surface area contributed by atoms with Gasteiger partial charge in [0.05, 0.1) is 12.2 Å². The second kappa shape index (κ2) is 8.18. The van der Waals surface area contributed by atoms with Crippen molar-refractivity contribution in [2.24, 2.45) is 0 Å². The summed E-state index contributed by atoms with van der Waals surface area (Å²) in [7, 11) is 0. The minimum atomic E-state index is -1.14. The summed E-state index contributed by atoms with van der Waals surface area (Å²) < 4.78 is 1.70. The van der Waals surface area contributed by atoms with Gasteiger partial charge in [-0.2, -0.15) is 5.10 Å². The Labute approximate surface area is 195 Å². The molecule has 3 aromatic rings. The van der Waals surface area contributed by atoms with Gasteiger partial charge in [-0.3, -0.25) is 19.2 Å². The third-order valence-electron chi connectivity index (χ3n) is 6.52. The molecule has 1 aliphatic rings. The molecular weight excluding hydrogens is 412 g/mol. The van der Waals surface area contributed by atoms with Gasteiger partial charge in [-0.25, -0.2) is 0 Å². The molecule has 2 amide bonds. The summed E-state index contributed by atoms with van der Waals surface area (Å²) in [5.41, 5.74) is 3.81. The van der Waals surface area contributed by atoms with Crippen molar-refractivity contribution >= 4 is 17.5 Å². The smallest absolute Gasteiger partial charge is 0.277 e. The van der Waals surface area contributed by atoms with Crippen molar-refractivity contribution < 1.29 is 9.59 Å². The predicted molar refractivity (Wildman–Crippen MR) is 130 cm³/mol. The van der Waals surface area contributed by atoms with E-state index in [0.29, 0.717) is 12.2 Å². The first-order valence-corrected chi connectivity index (χ1v) is 11.3. The first-order chi connectivity index (χ1) is 15.5. The maximum atomic E-state index is 13.9. The van der Waals surface area contributed by atoms with Crippen LogP contribution in [0.1, 0.15) is 60.6 Å². The van der Waals surface area contributed by atoms with Crippen molar-refractivity contribution in [2.45, 2.75) is 65.6 Å². The van der Waals surface area contributed by atoms with Gasteiger partial charge in [0, 0.05) is 17.6 Å². The molecule has 33 heavy (non-hydrogen) atoms. The van der Waals surface area contributed by atoms with Gasteiger partial charge < -0.3 is 5.32 Å². The lowest BCUT2D eigenvalue weighted by Crippen LogP contribution is -2.64. The largest absolute Gasteiger partial charge is 0.350 e. The van der Waals surface area contributed by atoms with Crippen LogP contribution in [0.3, 0.4) is 0 Å². The van der Waals surface area contributed by atoms with Gasteiger partial charge in [-0.05, 0) is 49.6 Å². The third-order valence-corrected chi connectivity index (χ3v) is 6.52. The Morgan fingerprint density at radius 2 is 1.79 bits per heavy atom. The summed E-state index contributed by atoms with van der Waals surface area (Å²) in [6, 6.07) is 17.5. The number of nitrogens with zero attached hydrogens (tertiary/aromatic N) is 3. The standard InChI is InChI=1S/C27H32N4O2/c1-18-11-10-14-21(19(18)2)31-24(32)22-15-23(26(3,4)5)29-30(22)17-27(31,6)25(33)28-16-20-12-8-7-9-13-20/h7-15H,16-17H2,1-6H3,(H,28,33)/t27-/m1/s1. The van der Waals surface area contributed by atoms with Crippen LogP contribution in [0.5, 0.6) is 0 Å². The minimum Gasteiger partial charge on any atom is -0.350 e. The molecule has 0 aliphatic carbocycles. The summed E-state index contributed by atoms with van der Waals surface area (Å²) in [6.07, 6.45) is 0. The van der Waals surface area contributed by atoms with Crippen LogP contribution in [0, 0.1) is 13.8 Å². The molecule has 4 rings (SSSR count). The van der Waals surface area contributed by atoms with Crippen LogP contribution < -0.4 is 10.2 Å². The number of carbonyl (C=O) groups is 2. The van der Waals surface area contributed by atoms with E-state index in [1.807, 2.05) is 75.4 Å². The molecule has 2 aromatic carbocycles. The fraction of sp³-hybridized carbons (Fsp3) is 0.370. The van der Waals surface area contributed by atoms with Crippen molar-refractivity contribution in [3.05, 3.63) is 82.7 Å². The van der Waals surface area contributed by atoms with E-state index in [1.165, 1.54) is 0 Å². The lowest BCUT2D eigenvalue weighted by molar-refractivity contribution is -0.126. The summed E-state index contributed by atoms with van der Waals surface area (Å²) in [5.74, 6) is -0.422. The SMILES string of the molecule is Cc1cccc(N2C(=O)c3cc(C(C)(C)C)nn3C[C@]2(C)C(=O)NCc2ccccc2)c1C. The molecule has 0 unspecified atom stereocenters. The van der Waals surface area contributed by atoms with Crippen LogP contribution >= 0.6 is 0 Å². The second-order valence-corrected chi connectivity index (χ2v) is 10.1. The van der Waals surface area contributed by atoms with Crippen LogP contribution in [0.2, 0.25) is 0 Å². The summed E-state index contributed by atoms with van der Waals surface area (Å²) in [6.45, 7) is 12.7. The van der Waals surface area contributed by atoms with Crippen LogP contribution in [0.25, 0.3) is 0 Å². The highest BCUT2D eigenvalue weighted by molar-refractivity contribution is 6.12. The highest BCUT2D eigenvalue weighted by Gasteiger charge is 2.49. The Bertz CT molecular complexity index is 1210. The molecule has 0 saturated carbocycles. The van der Waals surface area contributed by atoms with Gasteiger partial charge in [0.25, 0.3) is 5.91 Å². The lowest BCUT2D eigenvalue weighted by atomic mass is 9.91. The fourth-order valence-corrected chi connectivity index (χ4v) is 4.27. The van der Waals surface area contributed by atoms with E-state index >= 15 is 0 Å². The Hall–Kier alpha value is -3.41. The number of amides is 2. The summed E-state index contributed by atoms with van der Waals surface area (Å²) in [4.78, 5) is 29.3. The van der Waals surface area contributed by atoms with Crippen LogP contribution in [-0.4, -0.2) is 27.1 Å². The van der Waals surface area contributed by atoms with E-state index in [9.17, 15) is 9.59 Å². The van der Waals surface area contributed by atoms with Gasteiger partial charge in [-0.1, -0.05) is 63.2 Å². The minimum absolute atomic E-state index is 0.208. The van der Waals surface area contributed by atoms with Crippen molar-refractivity contribution in [2.75, 3.05) is 4.90 Å². The van der Waals surface area contributed by atoms with E-state index in [2.05, 4.69) is 26.1 Å². The zero-order chi connectivity index (χ0) is 24.0.